The van der Waals surface area contributed by atoms with Gasteiger partial charge in [-0.25, -0.2) is 8.42 Å². The average molecular weight is 273 g/mol. The lowest BCUT2D eigenvalue weighted by molar-refractivity contribution is 0.324. The Morgan fingerprint density at radius 2 is 2.00 bits per heavy atom. The molecule has 0 aliphatic heterocycles. The molecular formula is C12H13ClO3S. The molecule has 17 heavy (non-hydrogen) atoms. The number of benzene rings is 1. The number of hydrogen-bond donors (Lipinski definition) is 0. The van der Waals surface area contributed by atoms with Gasteiger partial charge in [-0.05, 0) is 37.1 Å². The largest absolute Gasteiger partial charge is 0.492 e. The van der Waals surface area contributed by atoms with E-state index < -0.39 is 9.05 Å². The molecule has 0 fully saturated rings. The lowest BCUT2D eigenvalue weighted by atomic mass is 10.1. The molecule has 0 radical (unpaired) electrons. The Bertz CT molecular complexity index is 556. The first-order chi connectivity index (χ1) is 7.86. The van der Waals surface area contributed by atoms with E-state index in [1.165, 1.54) is 6.07 Å². The Balaban J connectivity index is 3.07. The maximum absolute atomic E-state index is 11.3. The van der Waals surface area contributed by atoms with Crippen LogP contribution in [0.3, 0.4) is 0 Å². The molecule has 3 nitrogen and oxygen atoms in total. The predicted molar refractivity (Wildman–Crippen MR) is 67.9 cm³/mol. The molecule has 5 heteroatoms. The second kappa shape index (κ2) is 5.44. The summed E-state index contributed by atoms with van der Waals surface area (Å²) in [6.45, 7) is 3.84. The molecule has 1 aromatic rings. The van der Waals surface area contributed by atoms with E-state index in [-0.39, 0.29) is 4.90 Å². The van der Waals surface area contributed by atoms with Gasteiger partial charge in [0.1, 0.15) is 5.75 Å². The van der Waals surface area contributed by atoms with Gasteiger partial charge in [-0.1, -0.05) is 0 Å². The molecule has 0 N–H and O–H groups in total. The Morgan fingerprint density at radius 1 is 1.35 bits per heavy atom. The Morgan fingerprint density at radius 3 is 2.53 bits per heavy atom. The third-order valence-corrected chi connectivity index (χ3v) is 3.70. The Labute approximate surface area is 106 Å². The standard InChI is InChI=1S/C12H13ClO3S/c1-4-5-6-16-11-7-10(3)12(8-9(11)2)17(13,14)15/h1,7-8H,5-6H2,2-3H3. The van der Waals surface area contributed by atoms with Crippen LogP contribution >= 0.6 is 10.7 Å². The zero-order chi connectivity index (χ0) is 13.1. The SMILES string of the molecule is C#CCCOc1cc(C)c(S(=O)(=O)Cl)cc1C. The van der Waals surface area contributed by atoms with Crippen LogP contribution in [0.15, 0.2) is 17.0 Å². The van der Waals surface area contributed by atoms with Crippen molar-refractivity contribution in [1.29, 1.82) is 0 Å². The van der Waals surface area contributed by atoms with Crippen molar-refractivity contribution in [2.75, 3.05) is 6.61 Å². The Kier molecular flexibility index (Phi) is 4.44. The van der Waals surface area contributed by atoms with Crippen LogP contribution in [0.4, 0.5) is 0 Å². The topological polar surface area (TPSA) is 43.4 Å². The van der Waals surface area contributed by atoms with E-state index in [2.05, 4.69) is 5.92 Å². The normalized spacial score (nSPS) is 10.9. The van der Waals surface area contributed by atoms with Crippen LogP contribution in [0.25, 0.3) is 0 Å². The first-order valence-electron chi connectivity index (χ1n) is 4.98. The van der Waals surface area contributed by atoms with E-state index in [9.17, 15) is 8.42 Å². The van der Waals surface area contributed by atoms with Crippen molar-refractivity contribution in [3.63, 3.8) is 0 Å². The lowest BCUT2D eigenvalue weighted by Crippen LogP contribution is -2.01. The van der Waals surface area contributed by atoms with Gasteiger partial charge in [0.25, 0.3) is 9.05 Å². The van der Waals surface area contributed by atoms with Crippen molar-refractivity contribution in [3.8, 4) is 18.1 Å². The van der Waals surface area contributed by atoms with Crippen LogP contribution in [0.2, 0.25) is 0 Å². The van der Waals surface area contributed by atoms with Crippen molar-refractivity contribution >= 4 is 19.7 Å². The first kappa shape index (κ1) is 13.9. The number of rotatable bonds is 4. The van der Waals surface area contributed by atoms with Gasteiger partial charge in [0.05, 0.1) is 11.5 Å². The lowest BCUT2D eigenvalue weighted by Gasteiger charge is -2.11. The predicted octanol–water partition coefficient (Wildman–Crippen LogP) is 2.63. The van der Waals surface area contributed by atoms with Gasteiger partial charge in [-0.2, -0.15) is 0 Å². The van der Waals surface area contributed by atoms with Crippen LogP contribution < -0.4 is 4.74 Å². The molecule has 1 aromatic carbocycles. The first-order valence-corrected chi connectivity index (χ1v) is 7.29. The summed E-state index contributed by atoms with van der Waals surface area (Å²) >= 11 is 0. The molecular weight excluding hydrogens is 260 g/mol. The molecule has 0 bridgehead atoms. The highest BCUT2D eigenvalue weighted by molar-refractivity contribution is 8.13. The third kappa shape index (κ3) is 3.65. The molecule has 0 atom stereocenters. The highest BCUT2D eigenvalue weighted by Crippen LogP contribution is 2.27. The summed E-state index contributed by atoms with van der Waals surface area (Å²) in [5.74, 6) is 3.09. The molecule has 92 valence electrons. The summed E-state index contributed by atoms with van der Waals surface area (Å²) in [5, 5.41) is 0. The van der Waals surface area contributed by atoms with Crippen molar-refractivity contribution < 1.29 is 13.2 Å². The van der Waals surface area contributed by atoms with Crippen molar-refractivity contribution in [2.45, 2.75) is 25.2 Å². The van der Waals surface area contributed by atoms with E-state index in [4.69, 9.17) is 21.8 Å². The van der Waals surface area contributed by atoms with E-state index in [0.717, 1.165) is 0 Å². The quantitative estimate of drug-likeness (QED) is 0.481. The van der Waals surface area contributed by atoms with Crippen LogP contribution in [0.1, 0.15) is 17.5 Å². The van der Waals surface area contributed by atoms with Gasteiger partial charge >= 0.3 is 0 Å². The number of halogens is 1. The monoisotopic (exact) mass is 272 g/mol. The summed E-state index contributed by atoms with van der Waals surface area (Å²) in [5.41, 5.74) is 1.27. The number of ether oxygens (including phenoxy) is 1. The molecule has 0 amide bonds. The van der Waals surface area contributed by atoms with Gasteiger partial charge in [0, 0.05) is 17.1 Å². The molecule has 0 aromatic heterocycles. The molecule has 0 heterocycles. The van der Waals surface area contributed by atoms with E-state index in [0.29, 0.717) is 29.9 Å². The fourth-order valence-corrected chi connectivity index (χ4v) is 2.66. The smallest absolute Gasteiger partial charge is 0.261 e. The van der Waals surface area contributed by atoms with Gasteiger partial charge in [-0.15, -0.1) is 12.3 Å². The Hall–Kier alpha value is -1.18. The molecule has 0 saturated carbocycles. The van der Waals surface area contributed by atoms with E-state index in [1.807, 2.05) is 0 Å². The molecule has 1 rings (SSSR count). The maximum atomic E-state index is 11.3. The van der Waals surface area contributed by atoms with Crippen molar-refractivity contribution in [1.82, 2.24) is 0 Å². The zero-order valence-electron chi connectivity index (χ0n) is 9.66. The number of terminal acetylenes is 1. The summed E-state index contributed by atoms with van der Waals surface area (Å²) in [7, 11) is 1.61. The van der Waals surface area contributed by atoms with Gasteiger partial charge in [0.15, 0.2) is 0 Å². The fourth-order valence-electron chi connectivity index (χ4n) is 1.40. The van der Waals surface area contributed by atoms with Crippen LogP contribution in [-0.2, 0) is 9.05 Å². The van der Waals surface area contributed by atoms with E-state index >= 15 is 0 Å². The summed E-state index contributed by atoms with van der Waals surface area (Å²) in [6.07, 6.45) is 5.62. The van der Waals surface area contributed by atoms with Crippen molar-refractivity contribution in [3.05, 3.63) is 23.3 Å². The maximum Gasteiger partial charge on any atom is 0.261 e. The van der Waals surface area contributed by atoms with Gasteiger partial charge < -0.3 is 4.74 Å². The molecule has 0 aliphatic rings. The molecule has 0 unspecified atom stereocenters. The second-order valence-corrected chi connectivity index (χ2v) is 6.16. The highest BCUT2D eigenvalue weighted by Gasteiger charge is 2.15. The minimum Gasteiger partial charge on any atom is -0.492 e. The van der Waals surface area contributed by atoms with Crippen molar-refractivity contribution in [2.24, 2.45) is 0 Å². The third-order valence-electron chi connectivity index (χ3n) is 2.24. The average Bonchev–Trinajstić information content (AvgIpc) is 2.21. The minimum atomic E-state index is -3.71. The zero-order valence-corrected chi connectivity index (χ0v) is 11.2. The molecule has 0 spiro atoms. The molecule has 0 aliphatic carbocycles. The van der Waals surface area contributed by atoms with Gasteiger partial charge in [0.2, 0.25) is 0 Å². The second-order valence-electron chi connectivity index (χ2n) is 3.62. The van der Waals surface area contributed by atoms with Crippen LogP contribution in [-0.4, -0.2) is 15.0 Å². The number of hydrogen-bond acceptors (Lipinski definition) is 3. The van der Waals surface area contributed by atoms with E-state index in [1.54, 1.807) is 19.9 Å². The summed E-state index contributed by atoms with van der Waals surface area (Å²) < 4.78 is 28.0. The number of aryl methyl sites for hydroxylation is 2. The molecule has 0 saturated heterocycles. The summed E-state index contributed by atoms with van der Waals surface area (Å²) in [4.78, 5) is 0.112. The minimum absolute atomic E-state index is 0.112. The fraction of sp³-hybridized carbons (Fsp3) is 0.333. The summed E-state index contributed by atoms with van der Waals surface area (Å²) in [6, 6.07) is 3.16. The van der Waals surface area contributed by atoms with Gasteiger partial charge in [-0.3, -0.25) is 0 Å². The van der Waals surface area contributed by atoms with Crippen LogP contribution in [0, 0.1) is 26.2 Å². The van der Waals surface area contributed by atoms with Crippen LogP contribution in [0.5, 0.6) is 5.75 Å². The highest BCUT2D eigenvalue weighted by atomic mass is 35.7.